The highest BCUT2D eigenvalue weighted by Gasteiger charge is 2.31. The maximum Gasteiger partial charge on any atom is 0.414 e. The minimum absolute atomic E-state index is 0.144. The Bertz CT molecular complexity index is 723. The molecule has 0 spiro atoms. The summed E-state index contributed by atoms with van der Waals surface area (Å²) in [6.07, 6.45) is 1.67. The van der Waals surface area contributed by atoms with Gasteiger partial charge in [0.2, 0.25) is 0 Å². The fourth-order valence-electron chi connectivity index (χ4n) is 2.42. The van der Waals surface area contributed by atoms with E-state index in [1.807, 2.05) is 6.92 Å². The third kappa shape index (κ3) is 2.76. The number of benzene rings is 1. The lowest BCUT2D eigenvalue weighted by atomic mass is 10.1. The number of carbonyl (C=O) groups excluding carboxylic acids is 1. The molecule has 1 fully saturated rings. The summed E-state index contributed by atoms with van der Waals surface area (Å²) in [4.78, 5) is 17.1. The average Bonchev–Trinajstić information content (AvgIpc) is 2.88. The number of hydrogen-bond acceptors (Lipinski definition) is 3. The van der Waals surface area contributed by atoms with Crippen molar-refractivity contribution in [3.63, 3.8) is 0 Å². The van der Waals surface area contributed by atoms with Crippen LogP contribution < -0.4 is 4.90 Å². The number of halogens is 2. The van der Waals surface area contributed by atoms with Crippen LogP contribution in [-0.4, -0.2) is 23.7 Å². The standard InChI is InChI=1S/C16H14ClFN2O2/c1-2-12-9-20(16(21)22-12)11-3-4-13(14(18)8-11)10-5-6-19-15(17)7-10/h3-8,12H,2,9H2,1H3/t12-/m0/s1. The molecular weight excluding hydrogens is 307 g/mol. The van der Waals surface area contributed by atoms with Gasteiger partial charge >= 0.3 is 6.09 Å². The van der Waals surface area contributed by atoms with E-state index in [0.717, 1.165) is 6.42 Å². The Balaban J connectivity index is 1.91. The molecule has 0 unspecified atom stereocenters. The van der Waals surface area contributed by atoms with E-state index in [2.05, 4.69) is 4.98 Å². The average molecular weight is 321 g/mol. The number of aromatic nitrogens is 1. The monoisotopic (exact) mass is 320 g/mol. The summed E-state index contributed by atoms with van der Waals surface area (Å²) >= 11 is 5.83. The maximum atomic E-state index is 14.4. The largest absolute Gasteiger partial charge is 0.444 e. The molecule has 22 heavy (non-hydrogen) atoms. The van der Waals surface area contributed by atoms with Crippen LogP contribution in [0.1, 0.15) is 13.3 Å². The number of carbonyl (C=O) groups is 1. The molecule has 1 aliphatic heterocycles. The van der Waals surface area contributed by atoms with Crippen molar-refractivity contribution in [2.45, 2.75) is 19.4 Å². The number of rotatable bonds is 3. The third-order valence-electron chi connectivity index (χ3n) is 3.63. The molecule has 0 radical (unpaired) electrons. The van der Waals surface area contributed by atoms with Crippen LogP contribution in [0.25, 0.3) is 11.1 Å². The van der Waals surface area contributed by atoms with E-state index < -0.39 is 11.9 Å². The Labute approximate surface area is 132 Å². The fourth-order valence-corrected chi connectivity index (χ4v) is 2.59. The first-order chi connectivity index (χ1) is 10.6. The van der Waals surface area contributed by atoms with Gasteiger partial charge in [0, 0.05) is 11.8 Å². The summed E-state index contributed by atoms with van der Waals surface area (Å²) in [7, 11) is 0. The van der Waals surface area contributed by atoms with Gasteiger partial charge in [0.1, 0.15) is 17.1 Å². The van der Waals surface area contributed by atoms with Crippen LogP contribution in [-0.2, 0) is 4.74 Å². The number of cyclic esters (lactones) is 1. The van der Waals surface area contributed by atoms with Gasteiger partial charge in [-0.15, -0.1) is 0 Å². The lowest BCUT2D eigenvalue weighted by Gasteiger charge is -2.14. The molecule has 1 saturated heterocycles. The summed E-state index contributed by atoms with van der Waals surface area (Å²) in [6.45, 7) is 2.38. The molecule has 1 aromatic carbocycles. The minimum atomic E-state index is -0.439. The van der Waals surface area contributed by atoms with Gasteiger partial charge in [-0.25, -0.2) is 14.2 Å². The zero-order valence-electron chi connectivity index (χ0n) is 11.9. The van der Waals surface area contributed by atoms with Crippen LogP contribution in [0.3, 0.4) is 0 Å². The lowest BCUT2D eigenvalue weighted by Crippen LogP contribution is -2.24. The molecule has 114 valence electrons. The summed E-state index contributed by atoms with van der Waals surface area (Å²) in [6, 6.07) is 7.94. The summed E-state index contributed by atoms with van der Waals surface area (Å²) < 4.78 is 19.6. The predicted octanol–water partition coefficient (Wildman–Crippen LogP) is 4.28. The van der Waals surface area contributed by atoms with Crippen molar-refractivity contribution in [2.24, 2.45) is 0 Å². The highest BCUT2D eigenvalue weighted by atomic mass is 35.5. The number of pyridine rings is 1. The van der Waals surface area contributed by atoms with Gasteiger partial charge in [0.25, 0.3) is 0 Å². The highest BCUT2D eigenvalue weighted by molar-refractivity contribution is 6.29. The van der Waals surface area contributed by atoms with Gasteiger partial charge in [0.15, 0.2) is 0 Å². The number of anilines is 1. The molecule has 0 bridgehead atoms. The first-order valence-electron chi connectivity index (χ1n) is 6.98. The van der Waals surface area contributed by atoms with Crippen LogP contribution >= 0.6 is 11.6 Å². The lowest BCUT2D eigenvalue weighted by molar-refractivity contribution is 0.139. The number of amides is 1. The van der Waals surface area contributed by atoms with E-state index in [1.165, 1.54) is 17.2 Å². The van der Waals surface area contributed by atoms with E-state index in [4.69, 9.17) is 16.3 Å². The molecule has 1 aliphatic rings. The molecule has 2 aromatic rings. The Morgan fingerprint density at radius 3 is 2.86 bits per heavy atom. The van der Waals surface area contributed by atoms with Crippen LogP contribution in [0, 0.1) is 5.82 Å². The number of ether oxygens (including phenoxy) is 1. The Hall–Kier alpha value is -2.14. The van der Waals surface area contributed by atoms with Crippen LogP contribution in [0.2, 0.25) is 5.15 Å². The minimum Gasteiger partial charge on any atom is -0.444 e. The normalized spacial score (nSPS) is 17.7. The third-order valence-corrected chi connectivity index (χ3v) is 3.84. The second-order valence-corrected chi connectivity index (χ2v) is 5.44. The second kappa shape index (κ2) is 5.93. The Morgan fingerprint density at radius 1 is 1.41 bits per heavy atom. The molecule has 6 heteroatoms. The SMILES string of the molecule is CC[C@H]1CN(c2ccc(-c3ccnc(Cl)c3)c(F)c2)C(=O)O1. The number of nitrogens with zero attached hydrogens (tertiary/aromatic N) is 2. The van der Waals surface area contributed by atoms with Crippen molar-refractivity contribution >= 4 is 23.4 Å². The van der Waals surface area contributed by atoms with Crippen molar-refractivity contribution in [1.82, 2.24) is 4.98 Å². The molecule has 1 atom stereocenters. The fraction of sp³-hybridized carbons (Fsp3) is 0.250. The molecule has 3 rings (SSSR count). The smallest absolute Gasteiger partial charge is 0.414 e. The molecular formula is C16H14ClFN2O2. The Kier molecular flexibility index (Phi) is 3.98. The van der Waals surface area contributed by atoms with Gasteiger partial charge in [-0.2, -0.15) is 0 Å². The summed E-state index contributed by atoms with van der Waals surface area (Å²) in [5.41, 5.74) is 1.54. The maximum absolute atomic E-state index is 14.4. The van der Waals surface area contributed by atoms with Gasteiger partial charge in [-0.1, -0.05) is 18.5 Å². The van der Waals surface area contributed by atoms with Crippen molar-refractivity contribution in [3.05, 3.63) is 47.5 Å². The van der Waals surface area contributed by atoms with Gasteiger partial charge in [0.05, 0.1) is 12.2 Å². The van der Waals surface area contributed by atoms with E-state index in [0.29, 0.717) is 28.5 Å². The van der Waals surface area contributed by atoms with Gasteiger partial charge < -0.3 is 4.74 Å². The van der Waals surface area contributed by atoms with Crippen molar-refractivity contribution in [2.75, 3.05) is 11.4 Å². The van der Waals surface area contributed by atoms with Gasteiger partial charge in [-0.3, -0.25) is 4.90 Å². The van der Waals surface area contributed by atoms with Crippen molar-refractivity contribution < 1.29 is 13.9 Å². The summed E-state index contributed by atoms with van der Waals surface area (Å²) in [5.74, 6) is -0.424. The molecule has 1 aromatic heterocycles. The van der Waals surface area contributed by atoms with E-state index in [-0.39, 0.29) is 6.10 Å². The molecule has 0 aliphatic carbocycles. The summed E-state index contributed by atoms with van der Waals surface area (Å²) in [5, 5.41) is 0.301. The zero-order valence-corrected chi connectivity index (χ0v) is 12.7. The van der Waals surface area contributed by atoms with Crippen LogP contribution in [0.5, 0.6) is 0 Å². The van der Waals surface area contributed by atoms with E-state index in [9.17, 15) is 9.18 Å². The topological polar surface area (TPSA) is 42.4 Å². The first-order valence-corrected chi connectivity index (χ1v) is 7.36. The number of hydrogen-bond donors (Lipinski definition) is 0. The highest BCUT2D eigenvalue weighted by Crippen LogP contribution is 2.30. The zero-order chi connectivity index (χ0) is 15.7. The van der Waals surface area contributed by atoms with Crippen molar-refractivity contribution in [3.8, 4) is 11.1 Å². The quantitative estimate of drug-likeness (QED) is 0.793. The molecule has 4 nitrogen and oxygen atoms in total. The Morgan fingerprint density at radius 2 is 2.23 bits per heavy atom. The molecule has 2 heterocycles. The van der Waals surface area contributed by atoms with Crippen LogP contribution in [0.15, 0.2) is 36.5 Å². The molecule has 0 N–H and O–H groups in total. The van der Waals surface area contributed by atoms with Crippen molar-refractivity contribution in [1.29, 1.82) is 0 Å². The van der Waals surface area contributed by atoms with Crippen LogP contribution in [0.4, 0.5) is 14.9 Å². The first kappa shape index (κ1) is 14.8. The second-order valence-electron chi connectivity index (χ2n) is 5.06. The van der Waals surface area contributed by atoms with E-state index >= 15 is 0 Å². The molecule has 0 saturated carbocycles. The van der Waals surface area contributed by atoms with Gasteiger partial charge in [-0.05, 0) is 42.3 Å². The molecule has 1 amide bonds. The van der Waals surface area contributed by atoms with E-state index in [1.54, 1.807) is 24.3 Å². The predicted molar refractivity (Wildman–Crippen MR) is 82.5 cm³/mol.